The van der Waals surface area contributed by atoms with Crippen LogP contribution < -0.4 is 12.4 Å². The third-order valence-electron chi connectivity index (χ3n) is 5.09. The number of hydrogen-bond donors (Lipinski definition) is 0. The van der Waals surface area contributed by atoms with Crippen molar-refractivity contribution in [3.63, 3.8) is 0 Å². The summed E-state index contributed by atoms with van der Waals surface area (Å²) in [6.07, 6.45) is 13.9. The van der Waals surface area contributed by atoms with E-state index >= 15 is 0 Å². The van der Waals surface area contributed by atoms with E-state index in [1.165, 1.54) is 77.3 Å². The fraction of sp³-hybridized carbons (Fsp3) is 0.933. The summed E-state index contributed by atoms with van der Waals surface area (Å²) in [7, 11) is 0. The molecule has 1 aliphatic heterocycles. The van der Waals surface area contributed by atoms with E-state index in [-0.39, 0.29) is 12.4 Å². The Morgan fingerprint density at radius 1 is 0.895 bits per heavy atom. The number of amidine groups is 1. The van der Waals surface area contributed by atoms with E-state index in [0.717, 1.165) is 17.4 Å². The van der Waals surface area contributed by atoms with Crippen LogP contribution in [0.15, 0.2) is 0 Å². The molecule has 1 heterocycles. The fourth-order valence-corrected chi connectivity index (χ4v) is 4.46. The quantitative estimate of drug-likeness (QED) is 0.534. The Morgan fingerprint density at radius 2 is 1.47 bits per heavy atom. The molecule has 0 bridgehead atoms. The maximum atomic E-state index is 6.68. The van der Waals surface area contributed by atoms with Crippen molar-refractivity contribution in [2.75, 3.05) is 13.1 Å². The molecule has 0 amide bonds. The first-order valence-electron chi connectivity index (χ1n) is 7.92. The van der Waals surface area contributed by atoms with Crippen LogP contribution in [-0.4, -0.2) is 39.9 Å². The molecule has 0 aromatic heterocycles. The minimum absolute atomic E-state index is 0. The van der Waals surface area contributed by atoms with Gasteiger partial charge in [0.1, 0.15) is 13.1 Å². The molecule has 2 nitrogen and oxygen atoms in total. The van der Waals surface area contributed by atoms with E-state index in [9.17, 15) is 0 Å². The maximum absolute atomic E-state index is 6.68. The molecule has 0 atom stereocenters. The van der Waals surface area contributed by atoms with Crippen molar-refractivity contribution >= 4 is 16.9 Å². The van der Waals surface area contributed by atoms with E-state index in [0.29, 0.717) is 0 Å². The van der Waals surface area contributed by atoms with Crippen molar-refractivity contribution in [3.8, 4) is 0 Å². The van der Waals surface area contributed by atoms with Crippen LogP contribution in [0, 0.1) is 0 Å². The number of hydrogen-bond acceptors (Lipinski definition) is 1. The van der Waals surface area contributed by atoms with Crippen LogP contribution in [0.2, 0.25) is 0 Å². The molecule has 110 valence electrons. The molecule has 2 aliphatic carbocycles. The van der Waals surface area contributed by atoms with Gasteiger partial charge >= 0.3 is 5.29 Å². The Balaban J connectivity index is 0.00000133. The SMILES string of the molecule is ClC1=[N+](C2CCCCC2)CCN1C1CCCCC1.[Cl-]. The molecule has 0 spiro atoms. The molecule has 0 saturated heterocycles. The molecule has 3 rings (SSSR count). The van der Waals surface area contributed by atoms with Gasteiger partial charge in [-0.2, -0.15) is 0 Å². The van der Waals surface area contributed by atoms with E-state index in [1.54, 1.807) is 0 Å². The van der Waals surface area contributed by atoms with Crippen molar-refractivity contribution in [1.82, 2.24) is 4.90 Å². The monoisotopic (exact) mass is 304 g/mol. The van der Waals surface area contributed by atoms with Crippen LogP contribution in [0.1, 0.15) is 64.2 Å². The fourth-order valence-electron chi connectivity index (χ4n) is 4.02. The summed E-state index contributed by atoms with van der Waals surface area (Å²) in [6.45, 7) is 2.33. The van der Waals surface area contributed by atoms with Gasteiger partial charge in [-0.3, -0.25) is 0 Å². The summed E-state index contributed by atoms with van der Waals surface area (Å²) in [4.78, 5) is 2.51. The minimum atomic E-state index is 0. The van der Waals surface area contributed by atoms with Gasteiger partial charge in [0.15, 0.2) is 0 Å². The van der Waals surface area contributed by atoms with E-state index in [1.807, 2.05) is 0 Å². The average Bonchev–Trinajstić information content (AvgIpc) is 2.83. The predicted octanol–water partition coefficient (Wildman–Crippen LogP) is 0.579. The third kappa shape index (κ3) is 3.39. The van der Waals surface area contributed by atoms with Gasteiger partial charge in [-0.05, 0) is 51.4 Å². The Labute approximate surface area is 128 Å². The lowest BCUT2D eigenvalue weighted by atomic mass is 9.94. The van der Waals surface area contributed by atoms with Crippen molar-refractivity contribution in [2.45, 2.75) is 76.3 Å². The summed E-state index contributed by atoms with van der Waals surface area (Å²) in [5, 5.41) is 1.08. The molecule has 3 aliphatic rings. The topological polar surface area (TPSA) is 6.25 Å². The second-order valence-electron chi connectivity index (χ2n) is 6.24. The summed E-state index contributed by atoms with van der Waals surface area (Å²) < 4.78 is 2.51. The molecule has 0 aromatic carbocycles. The highest BCUT2D eigenvalue weighted by Gasteiger charge is 2.38. The molecule has 0 N–H and O–H groups in total. The predicted molar refractivity (Wildman–Crippen MR) is 76.4 cm³/mol. The van der Waals surface area contributed by atoms with Gasteiger partial charge in [0.25, 0.3) is 0 Å². The Kier molecular flexibility index (Phi) is 5.83. The Morgan fingerprint density at radius 3 is 2.11 bits per heavy atom. The lowest BCUT2D eigenvalue weighted by Gasteiger charge is -2.26. The smallest absolute Gasteiger partial charge is 0.345 e. The molecule has 0 aromatic rings. The first kappa shape index (κ1) is 15.4. The molecule has 4 heteroatoms. The molecule has 2 fully saturated rings. The van der Waals surface area contributed by atoms with Crippen LogP contribution in [-0.2, 0) is 0 Å². The van der Waals surface area contributed by atoms with Crippen LogP contribution >= 0.6 is 11.6 Å². The lowest BCUT2D eigenvalue weighted by molar-refractivity contribution is -0.559. The zero-order valence-electron chi connectivity index (χ0n) is 11.8. The van der Waals surface area contributed by atoms with Crippen LogP contribution in [0.25, 0.3) is 0 Å². The van der Waals surface area contributed by atoms with Gasteiger partial charge in [0.2, 0.25) is 0 Å². The molecular weight excluding hydrogens is 279 g/mol. The zero-order valence-corrected chi connectivity index (χ0v) is 13.3. The molecular formula is C15H26Cl2N2. The average molecular weight is 305 g/mol. The normalized spacial score (nSPS) is 26.7. The summed E-state index contributed by atoms with van der Waals surface area (Å²) >= 11 is 6.68. The zero-order chi connectivity index (χ0) is 12.4. The van der Waals surface area contributed by atoms with Crippen molar-refractivity contribution in [1.29, 1.82) is 0 Å². The number of halogens is 2. The lowest BCUT2D eigenvalue weighted by Crippen LogP contribution is -3.00. The maximum Gasteiger partial charge on any atom is 0.345 e. The second kappa shape index (κ2) is 7.17. The Bertz CT molecular complexity index is 318. The van der Waals surface area contributed by atoms with Gasteiger partial charge < -0.3 is 12.4 Å². The second-order valence-corrected chi connectivity index (χ2v) is 6.58. The van der Waals surface area contributed by atoms with Gasteiger partial charge in [-0.15, -0.1) is 0 Å². The van der Waals surface area contributed by atoms with Gasteiger partial charge in [0, 0.05) is 11.6 Å². The molecule has 0 unspecified atom stereocenters. The first-order chi connectivity index (χ1) is 8.86. The van der Waals surface area contributed by atoms with Crippen molar-refractivity contribution in [3.05, 3.63) is 0 Å². The van der Waals surface area contributed by atoms with E-state index < -0.39 is 0 Å². The largest absolute Gasteiger partial charge is 1.00 e. The highest BCUT2D eigenvalue weighted by Crippen LogP contribution is 2.28. The summed E-state index contributed by atoms with van der Waals surface area (Å²) in [6, 6.07) is 1.47. The van der Waals surface area contributed by atoms with Crippen LogP contribution in [0.4, 0.5) is 0 Å². The van der Waals surface area contributed by atoms with Crippen molar-refractivity contribution < 1.29 is 17.0 Å². The van der Waals surface area contributed by atoms with Gasteiger partial charge in [-0.25, -0.2) is 9.48 Å². The highest BCUT2D eigenvalue weighted by molar-refractivity contribution is 6.63. The summed E-state index contributed by atoms with van der Waals surface area (Å²) in [5.41, 5.74) is 0. The third-order valence-corrected chi connectivity index (χ3v) is 5.52. The number of rotatable bonds is 2. The Hall–Kier alpha value is 0.0500. The highest BCUT2D eigenvalue weighted by atomic mass is 35.5. The molecule has 0 radical (unpaired) electrons. The standard InChI is InChI=1S/C15H26ClN2.ClH/c16-15-17(13-7-3-1-4-8-13)11-12-18(15)14-9-5-2-6-10-14;/h13-14H,1-12H2;1H/q+1;/p-1. The van der Waals surface area contributed by atoms with Crippen LogP contribution in [0.3, 0.4) is 0 Å². The molecule has 2 saturated carbocycles. The summed E-state index contributed by atoms with van der Waals surface area (Å²) in [5.74, 6) is 0. The van der Waals surface area contributed by atoms with E-state index in [2.05, 4.69) is 9.48 Å². The van der Waals surface area contributed by atoms with Crippen LogP contribution in [0.5, 0.6) is 0 Å². The van der Waals surface area contributed by atoms with E-state index in [4.69, 9.17) is 11.6 Å². The first-order valence-corrected chi connectivity index (χ1v) is 8.30. The van der Waals surface area contributed by atoms with Gasteiger partial charge in [-0.1, -0.05) is 12.8 Å². The van der Waals surface area contributed by atoms with Gasteiger partial charge in [0.05, 0.1) is 12.1 Å². The minimum Gasteiger partial charge on any atom is -1.00 e. The number of nitrogens with zero attached hydrogens (tertiary/aromatic N) is 2. The molecule has 19 heavy (non-hydrogen) atoms. The van der Waals surface area contributed by atoms with Crippen molar-refractivity contribution in [2.24, 2.45) is 0 Å².